The number of nitrogens with zero attached hydrogens (tertiary/aromatic N) is 1. The lowest BCUT2D eigenvalue weighted by Gasteiger charge is -2.51. The molecule has 54 heavy (non-hydrogen) atoms. The zero-order chi connectivity index (χ0) is 38.8. The van der Waals surface area contributed by atoms with E-state index in [9.17, 15) is 14.7 Å². The Balaban J connectivity index is 1.40. The molecule has 2 unspecified atom stereocenters. The van der Waals surface area contributed by atoms with Crippen molar-refractivity contribution in [2.45, 2.75) is 122 Å². The molecule has 0 radical (unpaired) electrons. The van der Waals surface area contributed by atoms with Gasteiger partial charge in [0.25, 0.3) is 0 Å². The lowest BCUT2D eigenvalue weighted by Crippen LogP contribution is -2.57. The van der Waals surface area contributed by atoms with Gasteiger partial charge in [0.2, 0.25) is 0 Å². The van der Waals surface area contributed by atoms with E-state index >= 15 is 0 Å². The summed E-state index contributed by atoms with van der Waals surface area (Å²) in [6.45, 7) is 12.4. The number of carbonyl (C=O) groups excluding carboxylic acids is 2. The van der Waals surface area contributed by atoms with Crippen molar-refractivity contribution in [1.82, 2.24) is 0 Å². The summed E-state index contributed by atoms with van der Waals surface area (Å²) in [6.07, 6.45) is 10.7. The summed E-state index contributed by atoms with van der Waals surface area (Å²) in [5, 5.41) is 16.8. The molecule has 4 heterocycles. The van der Waals surface area contributed by atoms with Gasteiger partial charge >= 0.3 is 11.9 Å². The lowest BCUT2D eigenvalue weighted by molar-refractivity contribution is -0.340. The van der Waals surface area contributed by atoms with Gasteiger partial charge in [-0.05, 0) is 79.5 Å². The Labute approximate surface area is 319 Å². The molecule has 294 valence electrons. The van der Waals surface area contributed by atoms with Gasteiger partial charge in [0, 0.05) is 25.2 Å². The highest BCUT2D eigenvalue weighted by molar-refractivity contribution is 6.07. The molecule has 3 saturated heterocycles. The highest BCUT2D eigenvalue weighted by Gasteiger charge is 2.60. The molecule has 1 aromatic rings. The Kier molecular flexibility index (Phi) is 12.2. The van der Waals surface area contributed by atoms with E-state index in [1.807, 2.05) is 32.9 Å². The molecule has 1 aromatic carbocycles. The number of aliphatic hydroxyl groups is 1. The summed E-state index contributed by atoms with van der Waals surface area (Å²) in [5.74, 6) is -1.95. The number of carbonyl (C=O) groups is 2. The van der Waals surface area contributed by atoms with Gasteiger partial charge in [0.15, 0.2) is 5.79 Å². The average molecular weight is 748 g/mol. The third-order valence-electron chi connectivity index (χ3n) is 12.0. The summed E-state index contributed by atoms with van der Waals surface area (Å²) in [4.78, 5) is 33.0. The Hall–Kier alpha value is -3.77. The van der Waals surface area contributed by atoms with Gasteiger partial charge in [-0.2, -0.15) is 0 Å². The molecular weight excluding hydrogens is 690 g/mol. The van der Waals surface area contributed by atoms with Gasteiger partial charge < -0.3 is 38.4 Å². The molecule has 1 N–H and O–H groups in total. The predicted octanol–water partition coefficient (Wildman–Crippen LogP) is 7.05. The fraction of sp³-hybridized carbons (Fsp3) is 0.605. The molecule has 6 rings (SSSR count). The van der Waals surface area contributed by atoms with E-state index in [2.05, 4.69) is 32.0 Å². The minimum absolute atomic E-state index is 0.00408. The maximum Gasteiger partial charge on any atom is 0.338 e. The van der Waals surface area contributed by atoms with Crippen molar-refractivity contribution >= 4 is 17.7 Å². The second kappa shape index (κ2) is 16.5. The molecule has 0 amide bonds. The van der Waals surface area contributed by atoms with Crippen molar-refractivity contribution in [3.05, 3.63) is 76.9 Å². The van der Waals surface area contributed by atoms with Crippen LogP contribution < -0.4 is 4.74 Å². The summed E-state index contributed by atoms with van der Waals surface area (Å²) in [7, 11) is 3.01. The van der Waals surface area contributed by atoms with Crippen molar-refractivity contribution < 1.29 is 48.0 Å². The molecule has 1 spiro atoms. The van der Waals surface area contributed by atoms with Gasteiger partial charge in [0.1, 0.15) is 48.4 Å². The van der Waals surface area contributed by atoms with Gasteiger partial charge in [-0.15, -0.1) is 0 Å². The normalized spacial score (nSPS) is 39.5. The zero-order valence-corrected chi connectivity index (χ0v) is 32.9. The second-order valence-electron chi connectivity index (χ2n) is 15.8. The monoisotopic (exact) mass is 747 g/mol. The van der Waals surface area contributed by atoms with Crippen molar-refractivity contribution in [3.63, 3.8) is 0 Å². The number of rotatable bonds is 6. The van der Waals surface area contributed by atoms with Crippen molar-refractivity contribution in [1.29, 1.82) is 0 Å². The summed E-state index contributed by atoms with van der Waals surface area (Å²) < 4.78 is 37.9. The minimum Gasteiger partial charge on any atom is -0.497 e. The number of ether oxygens (including phenoxy) is 6. The molecule has 4 aliphatic heterocycles. The highest BCUT2D eigenvalue weighted by Crippen LogP contribution is 2.47. The average Bonchev–Trinajstić information content (AvgIpc) is 3.50. The number of hydrogen-bond acceptors (Lipinski definition) is 11. The molecule has 11 atom stereocenters. The van der Waals surface area contributed by atoms with Gasteiger partial charge in [-0.3, -0.25) is 4.79 Å². The summed E-state index contributed by atoms with van der Waals surface area (Å²) in [6, 6.07) is 6.83. The Morgan fingerprint density at radius 2 is 1.87 bits per heavy atom. The van der Waals surface area contributed by atoms with Crippen LogP contribution in [-0.2, 0) is 33.3 Å². The second-order valence-corrected chi connectivity index (χ2v) is 15.8. The van der Waals surface area contributed by atoms with Crippen LogP contribution in [0.25, 0.3) is 0 Å². The maximum absolute atomic E-state index is 14.4. The number of oxime groups is 1. The topological polar surface area (TPSA) is 131 Å². The van der Waals surface area contributed by atoms with Crippen LogP contribution in [0.3, 0.4) is 0 Å². The Morgan fingerprint density at radius 1 is 1.11 bits per heavy atom. The van der Waals surface area contributed by atoms with Crippen LogP contribution >= 0.6 is 0 Å². The number of allylic oxidation sites excluding steroid dienone is 2. The molecule has 0 saturated carbocycles. The number of hydrogen-bond donors (Lipinski definition) is 1. The molecule has 1 aliphatic carbocycles. The van der Waals surface area contributed by atoms with Crippen LogP contribution in [0.15, 0.2) is 76.5 Å². The van der Waals surface area contributed by atoms with Crippen molar-refractivity contribution in [2.75, 3.05) is 20.8 Å². The summed E-state index contributed by atoms with van der Waals surface area (Å²) >= 11 is 0. The molecule has 0 aromatic heterocycles. The first kappa shape index (κ1) is 39.9. The van der Waals surface area contributed by atoms with E-state index in [0.29, 0.717) is 65.7 Å². The SMILES string of the molecule is CCC(C)[C@H]1OC2(CC[C@@H]1C)C[C@@H]1C[C@@H](C/C=C(\C)[C@@H](OC(=O)c3ccc(OC)cc3)[C@@H](C)/C=C/C=C3\CO[C@@H]4/C(=N/OC)C(C)=C[C@@H](C(=O)O1)[C@]34O)O2. The number of esters is 2. The number of benzene rings is 1. The third-order valence-corrected chi connectivity index (χ3v) is 12.0. The largest absolute Gasteiger partial charge is 0.497 e. The molecule has 3 fully saturated rings. The van der Waals surface area contributed by atoms with Crippen LogP contribution in [0.2, 0.25) is 0 Å². The van der Waals surface area contributed by atoms with Crippen LogP contribution in [-0.4, -0.2) is 85.5 Å². The molecule has 2 bridgehead atoms. The van der Waals surface area contributed by atoms with Crippen LogP contribution in [0.4, 0.5) is 0 Å². The van der Waals surface area contributed by atoms with Gasteiger partial charge in [-0.1, -0.05) is 69.7 Å². The fourth-order valence-electron chi connectivity index (χ4n) is 8.73. The first-order valence-corrected chi connectivity index (χ1v) is 19.4. The van der Waals surface area contributed by atoms with Crippen molar-refractivity contribution in [2.24, 2.45) is 28.8 Å². The van der Waals surface area contributed by atoms with Crippen LogP contribution in [0.5, 0.6) is 5.75 Å². The van der Waals surface area contributed by atoms with E-state index < -0.39 is 47.6 Å². The zero-order valence-electron chi connectivity index (χ0n) is 32.9. The van der Waals surface area contributed by atoms with Crippen LogP contribution in [0, 0.1) is 23.7 Å². The first-order chi connectivity index (χ1) is 25.8. The predicted molar refractivity (Wildman–Crippen MR) is 203 cm³/mol. The summed E-state index contributed by atoms with van der Waals surface area (Å²) in [5.41, 5.74) is 1.06. The van der Waals surface area contributed by atoms with E-state index in [1.54, 1.807) is 43.5 Å². The number of methoxy groups -OCH3 is 1. The van der Waals surface area contributed by atoms with Gasteiger partial charge in [0.05, 0.1) is 31.5 Å². The fourth-order valence-corrected chi connectivity index (χ4v) is 8.73. The van der Waals surface area contributed by atoms with E-state index in [0.717, 1.165) is 18.4 Å². The van der Waals surface area contributed by atoms with E-state index in [1.165, 1.54) is 7.11 Å². The molecule has 5 aliphatic rings. The number of fused-ring (bicyclic) bond motifs is 2. The Bertz CT molecular complexity index is 1690. The first-order valence-electron chi connectivity index (χ1n) is 19.4. The Morgan fingerprint density at radius 3 is 2.57 bits per heavy atom. The van der Waals surface area contributed by atoms with Crippen LogP contribution in [0.1, 0.15) is 90.4 Å². The van der Waals surface area contributed by atoms with Crippen molar-refractivity contribution in [3.8, 4) is 5.75 Å². The quantitative estimate of drug-likeness (QED) is 0.184. The van der Waals surface area contributed by atoms with E-state index in [4.69, 9.17) is 33.3 Å². The third kappa shape index (κ3) is 7.96. The minimum atomic E-state index is -1.78. The molecule has 11 heteroatoms. The molecule has 11 nitrogen and oxygen atoms in total. The lowest BCUT2D eigenvalue weighted by atomic mass is 9.71. The maximum atomic E-state index is 14.4. The standard InChI is InChI=1S/C43H57NO10/c1-9-25(2)38-28(5)19-20-42(54-38)23-34-22-33(53-42)16-13-27(4)37(52-40(45)30-14-17-32(48-7)18-15-30)26(3)11-10-12-31-24-50-39-36(44-49-8)29(6)21-35(41(46)51-34)43(31,39)47/h10-15,17-18,21,25-26,28,33-35,37-39,47H,9,16,19-20,22-24H2,1-8H3/b11-10+,27-13+,31-12+,44-36+/t25?,26-,28-,33+,34-,35-,37-,38+,39+,42?,43+/m0/s1. The highest BCUT2D eigenvalue weighted by atomic mass is 16.7. The molecular formula is C43H57NO10. The van der Waals surface area contributed by atoms with Gasteiger partial charge in [-0.25, -0.2) is 4.79 Å². The smallest absolute Gasteiger partial charge is 0.338 e. The van der Waals surface area contributed by atoms with E-state index in [-0.39, 0.29) is 24.7 Å².